The lowest BCUT2D eigenvalue weighted by molar-refractivity contribution is -0.146. The first-order valence-corrected chi connectivity index (χ1v) is 8.93. The largest absolute Gasteiger partial charge is 0.455 e. The minimum atomic E-state index is -0.473. The molecule has 6 nitrogen and oxygen atoms in total. The van der Waals surface area contributed by atoms with Crippen molar-refractivity contribution in [3.63, 3.8) is 0 Å². The molecule has 1 heterocycles. The van der Waals surface area contributed by atoms with E-state index >= 15 is 0 Å². The number of ether oxygens (including phenoxy) is 1. The maximum Gasteiger partial charge on any atom is 0.310 e. The lowest BCUT2D eigenvalue weighted by atomic mass is 10.1. The summed E-state index contributed by atoms with van der Waals surface area (Å²) in [6, 6.07) is 14.6. The highest BCUT2D eigenvalue weighted by Crippen LogP contribution is 2.21. The molecule has 0 radical (unpaired) electrons. The van der Waals surface area contributed by atoms with Gasteiger partial charge in [-0.25, -0.2) is 0 Å². The number of anilines is 2. The second kappa shape index (κ2) is 8.49. The van der Waals surface area contributed by atoms with E-state index in [1.165, 1.54) is 0 Å². The van der Waals surface area contributed by atoms with E-state index in [0.717, 1.165) is 29.8 Å². The number of nitrogens with one attached hydrogen (secondary N) is 1. The van der Waals surface area contributed by atoms with Gasteiger partial charge in [-0.3, -0.25) is 14.4 Å². The summed E-state index contributed by atoms with van der Waals surface area (Å²) in [5.41, 5.74) is 3.37. The molecule has 1 N–H and O–H groups in total. The van der Waals surface area contributed by atoms with Gasteiger partial charge < -0.3 is 15.0 Å². The first-order valence-electron chi connectivity index (χ1n) is 8.93. The molecule has 2 aromatic carbocycles. The fraction of sp³-hybridized carbons (Fsp3) is 0.286. The van der Waals surface area contributed by atoms with Crippen LogP contribution in [0, 0.1) is 6.92 Å². The van der Waals surface area contributed by atoms with Crippen LogP contribution in [-0.4, -0.2) is 30.9 Å². The number of hydrogen-bond acceptors (Lipinski definition) is 4. The fourth-order valence-electron chi connectivity index (χ4n) is 2.91. The van der Waals surface area contributed by atoms with E-state index in [1.807, 2.05) is 31.2 Å². The first-order chi connectivity index (χ1) is 13.0. The van der Waals surface area contributed by atoms with Gasteiger partial charge in [0.1, 0.15) is 0 Å². The number of esters is 1. The Labute approximate surface area is 158 Å². The summed E-state index contributed by atoms with van der Waals surface area (Å²) in [4.78, 5) is 37.3. The van der Waals surface area contributed by atoms with Crippen LogP contribution in [-0.2, 0) is 25.5 Å². The van der Waals surface area contributed by atoms with E-state index in [1.54, 1.807) is 29.2 Å². The molecule has 2 amide bonds. The van der Waals surface area contributed by atoms with Crippen molar-refractivity contribution in [3.05, 3.63) is 59.7 Å². The third kappa shape index (κ3) is 5.17. The highest BCUT2D eigenvalue weighted by atomic mass is 16.5. The predicted molar refractivity (Wildman–Crippen MR) is 103 cm³/mol. The van der Waals surface area contributed by atoms with Gasteiger partial charge in [-0.2, -0.15) is 0 Å². The van der Waals surface area contributed by atoms with Crippen molar-refractivity contribution < 1.29 is 19.1 Å². The van der Waals surface area contributed by atoms with Crippen LogP contribution in [0.1, 0.15) is 24.0 Å². The number of aryl methyl sites for hydroxylation is 1. The van der Waals surface area contributed by atoms with E-state index in [4.69, 9.17) is 4.74 Å². The van der Waals surface area contributed by atoms with Crippen molar-refractivity contribution in [2.75, 3.05) is 23.4 Å². The Kier molecular flexibility index (Phi) is 5.86. The van der Waals surface area contributed by atoms with E-state index in [-0.39, 0.29) is 24.8 Å². The van der Waals surface area contributed by atoms with Crippen molar-refractivity contribution in [2.45, 2.75) is 26.2 Å². The predicted octanol–water partition coefficient (Wildman–Crippen LogP) is 2.85. The molecular formula is C21H22N2O4. The summed E-state index contributed by atoms with van der Waals surface area (Å²) in [6.07, 6.45) is 1.53. The summed E-state index contributed by atoms with van der Waals surface area (Å²) >= 11 is 0. The zero-order chi connectivity index (χ0) is 19.2. The third-order valence-corrected chi connectivity index (χ3v) is 4.37. The van der Waals surface area contributed by atoms with Crippen molar-refractivity contribution in [1.82, 2.24) is 0 Å². The monoisotopic (exact) mass is 366 g/mol. The summed E-state index contributed by atoms with van der Waals surface area (Å²) in [5, 5.41) is 2.68. The minimum absolute atomic E-state index is 0.0754. The summed E-state index contributed by atoms with van der Waals surface area (Å²) < 4.78 is 5.04. The molecule has 1 aliphatic rings. The van der Waals surface area contributed by atoms with Crippen LogP contribution >= 0.6 is 0 Å². The molecule has 0 aromatic heterocycles. The lowest BCUT2D eigenvalue weighted by Gasteiger charge is -2.15. The van der Waals surface area contributed by atoms with Crippen molar-refractivity contribution in [1.29, 1.82) is 0 Å². The molecule has 0 aliphatic carbocycles. The highest BCUT2D eigenvalue weighted by Gasteiger charge is 2.21. The molecule has 1 saturated heterocycles. The molecule has 140 valence electrons. The zero-order valence-corrected chi connectivity index (χ0v) is 15.2. The van der Waals surface area contributed by atoms with Crippen LogP contribution in [0.4, 0.5) is 11.4 Å². The second-order valence-corrected chi connectivity index (χ2v) is 6.57. The van der Waals surface area contributed by atoms with Crippen LogP contribution < -0.4 is 10.2 Å². The molecular weight excluding hydrogens is 344 g/mol. The molecule has 2 aromatic rings. The maximum atomic E-state index is 11.9. The molecule has 1 aliphatic heterocycles. The quantitative estimate of drug-likeness (QED) is 0.798. The lowest BCUT2D eigenvalue weighted by Crippen LogP contribution is -2.23. The third-order valence-electron chi connectivity index (χ3n) is 4.37. The molecule has 0 saturated carbocycles. The summed E-state index contributed by atoms with van der Waals surface area (Å²) in [7, 11) is 0. The van der Waals surface area contributed by atoms with E-state index < -0.39 is 5.97 Å². The molecule has 6 heteroatoms. The highest BCUT2D eigenvalue weighted by molar-refractivity contribution is 5.95. The van der Waals surface area contributed by atoms with Gasteiger partial charge in [0.25, 0.3) is 5.91 Å². The Morgan fingerprint density at radius 1 is 1.07 bits per heavy atom. The molecule has 0 spiro atoms. The average Bonchev–Trinajstić information content (AvgIpc) is 3.09. The number of rotatable bonds is 6. The van der Waals surface area contributed by atoms with Gasteiger partial charge in [0.2, 0.25) is 5.91 Å². The molecule has 0 bridgehead atoms. The second-order valence-electron chi connectivity index (χ2n) is 6.57. The number of carbonyl (C=O) groups is 3. The van der Waals surface area contributed by atoms with Crippen molar-refractivity contribution in [2.24, 2.45) is 0 Å². The Morgan fingerprint density at radius 3 is 2.41 bits per heavy atom. The molecule has 1 fully saturated rings. The van der Waals surface area contributed by atoms with Crippen molar-refractivity contribution >= 4 is 29.2 Å². The van der Waals surface area contributed by atoms with Crippen LogP contribution in [0.25, 0.3) is 0 Å². The van der Waals surface area contributed by atoms with Crippen molar-refractivity contribution in [3.8, 4) is 0 Å². The molecule has 0 atom stereocenters. The maximum absolute atomic E-state index is 11.9. The molecule has 27 heavy (non-hydrogen) atoms. The molecule has 3 rings (SSSR count). The Bertz CT molecular complexity index is 828. The summed E-state index contributed by atoms with van der Waals surface area (Å²) in [5.74, 6) is -0.726. The van der Waals surface area contributed by atoms with Crippen LogP contribution in [0.5, 0.6) is 0 Å². The van der Waals surface area contributed by atoms with Gasteiger partial charge in [-0.05, 0) is 43.2 Å². The zero-order valence-electron chi connectivity index (χ0n) is 15.2. The van der Waals surface area contributed by atoms with Gasteiger partial charge in [-0.15, -0.1) is 0 Å². The van der Waals surface area contributed by atoms with E-state index in [2.05, 4.69) is 5.32 Å². The Morgan fingerprint density at radius 2 is 1.78 bits per heavy atom. The van der Waals surface area contributed by atoms with E-state index in [9.17, 15) is 14.4 Å². The Balaban J connectivity index is 1.45. The fourth-order valence-corrected chi connectivity index (χ4v) is 2.91. The minimum Gasteiger partial charge on any atom is -0.455 e. The summed E-state index contributed by atoms with van der Waals surface area (Å²) in [6.45, 7) is 2.37. The number of carbonyl (C=O) groups excluding carboxylic acids is 3. The first kappa shape index (κ1) is 18.6. The number of hydrogen-bond donors (Lipinski definition) is 1. The Hall–Kier alpha value is -3.15. The normalized spacial score (nSPS) is 13.5. The average molecular weight is 366 g/mol. The van der Waals surface area contributed by atoms with Gasteiger partial charge in [0, 0.05) is 24.3 Å². The van der Waals surface area contributed by atoms with Gasteiger partial charge in [0.05, 0.1) is 6.42 Å². The van der Waals surface area contributed by atoms with Crippen LogP contribution in [0.2, 0.25) is 0 Å². The molecule has 0 unspecified atom stereocenters. The topological polar surface area (TPSA) is 75.7 Å². The number of nitrogens with zero attached hydrogens (tertiary/aromatic N) is 1. The van der Waals surface area contributed by atoms with Gasteiger partial charge in [-0.1, -0.05) is 29.8 Å². The van der Waals surface area contributed by atoms with Gasteiger partial charge in [0.15, 0.2) is 6.61 Å². The van der Waals surface area contributed by atoms with Crippen LogP contribution in [0.15, 0.2) is 48.5 Å². The standard InChI is InChI=1S/C21H22N2O4/c1-15-4-8-17(9-5-15)22-19(24)14-27-21(26)13-16-6-10-18(11-7-16)23-12-2-3-20(23)25/h4-11H,2-3,12-14H2,1H3,(H,22,24). The number of benzene rings is 2. The van der Waals surface area contributed by atoms with E-state index in [0.29, 0.717) is 12.1 Å². The van der Waals surface area contributed by atoms with Gasteiger partial charge >= 0.3 is 5.97 Å². The smallest absolute Gasteiger partial charge is 0.310 e. The SMILES string of the molecule is Cc1ccc(NC(=O)COC(=O)Cc2ccc(N3CCCC3=O)cc2)cc1. The number of amides is 2. The van der Waals surface area contributed by atoms with Crippen LogP contribution in [0.3, 0.4) is 0 Å².